The summed E-state index contributed by atoms with van der Waals surface area (Å²) in [4.78, 5) is 27.2. The lowest BCUT2D eigenvalue weighted by atomic mass is 10.1. The summed E-state index contributed by atoms with van der Waals surface area (Å²) in [6.07, 6.45) is 2.20. The zero-order chi connectivity index (χ0) is 17.2. The highest BCUT2D eigenvalue weighted by molar-refractivity contribution is 7.99. The molecule has 2 aliphatic heterocycles. The molecule has 0 N–H and O–H groups in total. The number of amides is 2. The summed E-state index contributed by atoms with van der Waals surface area (Å²) in [6.45, 7) is 0.463. The van der Waals surface area contributed by atoms with Crippen LogP contribution in [0.3, 0.4) is 0 Å². The minimum absolute atomic E-state index is 0.173. The van der Waals surface area contributed by atoms with Gasteiger partial charge in [-0.25, -0.2) is 0 Å². The molecule has 0 aliphatic carbocycles. The summed E-state index contributed by atoms with van der Waals surface area (Å²) < 4.78 is 5.71. The molecule has 4 nitrogen and oxygen atoms in total. The van der Waals surface area contributed by atoms with Crippen LogP contribution in [0.5, 0.6) is 0 Å². The van der Waals surface area contributed by atoms with Crippen molar-refractivity contribution in [3.05, 3.63) is 65.7 Å². The standard InChI is InChI=1S/C20H19NO3S/c22-19-15-9-4-5-10-16(15)20(23)21(19)12-6-11-17-18(24-17)13-25-14-7-2-1-3-8-14/h1-5,7-10,17-18H,6,11-13H2/t17-,18+/m0/s1. The van der Waals surface area contributed by atoms with Gasteiger partial charge in [-0.15, -0.1) is 11.8 Å². The van der Waals surface area contributed by atoms with Gasteiger partial charge in [0.15, 0.2) is 0 Å². The first kappa shape index (κ1) is 16.4. The first-order chi connectivity index (χ1) is 12.2. The number of ether oxygens (including phenoxy) is 1. The van der Waals surface area contributed by atoms with Gasteiger partial charge in [-0.05, 0) is 37.1 Å². The van der Waals surface area contributed by atoms with Gasteiger partial charge < -0.3 is 4.74 Å². The van der Waals surface area contributed by atoms with Gasteiger partial charge in [-0.1, -0.05) is 30.3 Å². The molecule has 5 heteroatoms. The smallest absolute Gasteiger partial charge is 0.261 e. The molecule has 1 saturated heterocycles. The molecule has 0 spiro atoms. The number of benzene rings is 2. The third-order valence-electron chi connectivity index (χ3n) is 4.59. The summed E-state index contributed by atoms with van der Waals surface area (Å²) >= 11 is 1.80. The van der Waals surface area contributed by atoms with Crippen molar-refractivity contribution in [2.24, 2.45) is 0 Å². The predicted octanol–water partition coefficient (Wildman–Crippen LogP) is 3.62. The topological polar surface area (TPSA) is 49.9 Å². The number of carbonyl (C=O) groups is 2. The Morgan fingerprint density at radius 2 is 1.52 bits per heavy atom. The van der Waals surface area contributed by atoms with Crippen LogP contribution in [0.2, 0.25) is 0 Å². The molecule has 1 fully saturated rings. The van der Waals surface area contributed by atoms with E-state index in [0.717, 1.165) is 18.6 Å². The molecule has 25 heavy (non-hydrogen) atoms. The van der Waals surface area contributed by atoms with Gasteiger partial charge in [0, 0.05) is 17.2 Å². The number of epoxide rings is 1. The van der Waals surface area contributed by atoms with Crippen molar-refractivity contribution in [1.82, 2.24) is 4.90 Å². The Morgan fingerprint density at radius 3 is 2.20 bits per heavy atom. The fourth-order valence-corrected chi connectivity index (χ4v) is 4.17. The molecule has 2 atom stereocenters. The van der Waals surface area contributed by atoms with Gasteiger partial charge in [0.1, 0.15) is 0 Å². The maximum Gasteiger partial charge on any atom is 0.261 e. The Kier molecular flexibility index (Phi) is 4.59. The van der Waals surface area contributed by atoms with Crippen LogP contribution < -0.4 is 0 Å². The summed E-state index contributed by atoms with van der Waals surface area (Å²) in [5.74, 6) is 0.601. The quantitative estimate of drug-likeness (QED) is 0.433. The molecule has 0 bridgehead atoms. The van der Waals surface area contributed by atoms with Gasteiger partial charge in [0.2, 0.25) is 0 Å². The second kappa shape index (κ2) is 7.02. The van der Waals surface area contributed by atoms with Gasteiger partial charge in [0.25, 0.3) is 11.8 Å². The summed E-state index contributed by atoms with van der Waals surface area (Å²) in [5, 5.41) is 0. The van der Waals surface area contributed by atoms with Gasteiger partial charge >= 0.3 is 0 Å². The van der Waals surface area contributed by atoms with Crippen molar-refractivity contribution >= 4 is 23.6 Å². The van der Waals surface area contributed by atoms with E-state index in [1.807, 2.05) is 18.2 Å². The molecule has 4 rings (SSSR count). The molecule has 2 amide bonds. The minimum atomic E-state index is -0.173. The third-order valence-corrected chi connectivity index (χ3v) is 5.69. The predicted molar refractivity (Wildman–Crippen MR) is 96.9 cm³/mol. The van der Waals surface area contributed by atoms with E-state index in [4.69, 9.17) is 4.74 Å². The molecule has 2 heterocycles. The first-order valence-electron chi connectivity index (χ1n) is 8.52. The molecular formula is C20H19NO3S. The lowest BCUT2D eigenvalue weighted by molar-refractivity contribution is 0.0650. The Labute approximate surface area is 151 Å². The first-order valence-corrected chi connectivity index (χ1v) is 9.51. The average molecular weight is 353 g/mol. The van der Waals surface area contributed by atoms with E-state index in [2.05, 4.69) is 12.1 Å². The molecule has 0 aromatic heterocycles. The Hall–Kier alpha value is -2.11. The van der Waals surface area contributed by atoms with Crippen LogP contribution in [0.4, 0.5) is 0 Å². The number of hydrogen-bond acceptors (Lipinski definition) is 4. The molecule has 128 valence electrons. The van der Waals surface area contributed by atoms with Crippen molar-refractivity contribution in [3.63, 3.8) is 0 Å². The number of imide groups is 1. The van der Waals surface area contributed by atoms with Crippen LogP contribution in [0.1, 0.15) is 33.6 Å². The highest BCUT2D eigenvalue weighted by Gasteiger charge is 2.39. The molecule has 0 saturated carbocycles. The van der Waals surface area contributed by atoms with Crippen molar-refractivity contribution in [3.8, 4) is 0 Å². The van der Waals surface area contributed by atoms with E-state index in [0.29, 0.717) is 17.7 Å². The molecule has 2 aliphatic rings. The van der Waals surface area contributed by atoms with E-state index in [9.17, 15) is 9.59 Å². The van der Waals surface area contributed by atoms with E-state index in [1.165, 1.54) is 9.80 Å². The van der Waals surface area contributed by atoms with Crippen LogP contribution in [0.15, 0.2) is 59.5 Å². The minimum Gasteiger partial charge on any atom is -0.369 e. The zero-order valence-corrected chi connectivity index (χ0v) is 14.6. The lowest BCUT2D eigenvalue weighted by Crippen LogP contribution is -2.30. The summed E-state index contributed by atoms with van der Waals surface area (Å²) in [6, 6.07) is 17.3. The van der Waals surface area contributed by atoms with E-state index < -0.39 is 0 Å². The van der Waals surface area contributed by atoms with Crippen LogP contribution in [0.25, 0.3) is 0 Å². The maximum atomic E-state index is 12.3. The van der Waals surface area contributed by atoms with E-state index in [1.54, 1.807) is 36.0 Å². The normalized spacial score (nSPS) is 21.5. The Balaban J connectivity index is 1.21. The fraction of sp³-hybridized carbons (Fsp3) is 0.300. The van der Waals surface area contributed by atoms with Gasteiger partial charge in [-0.2, -0.15) is 0 Å². The fourth-order valence-electron chi connectivity index (χ4n) is 3.17. The number of nitrogens with zero attached hydrogens (tertiary/aromatic N) is 1. The molecule has 2 aromatic rings. The second-order valence-electron chi connectivity index (χ2n) is 6.29. The number of hydrogen-bond donors (Lipinski definition) is 0. The highest BCUT2D eigenvalue weighted by atomic mass is 32.2. The van der Waals surface area contributed by atoms with E-state index in [-0.39, 0.29) is 24.0 Å². The molecule has 0 unspecified atom stereocenters. The Morgan fingerprint density at radius 1 is 0.880 bits per heavy atom. The molecule has 2 aromatic carbocycles. The average Bonchev–Trinajstić information content (AvgIpc) is 3.36. The monoisotopic (exact) mass is 353 g/mol. The van der Waals surface area contributed by atoms with Gasteiger partial charge in [-0.3, -0.25) is 14.5 Å². The number of thioether (sulfide) groups is 1. The second-order valence-corrected chi connectivity index (χ2v) is 7.38. The Bertz CT molecular complexity index is 758. The highest BCUT2D eigenvalue weighted by Crippen LogP contribution is 2.32. The third kappa shape index (κ3) is 3.48. The van der Waals surface area contributed by atoms with Crippen molar-refractivity contribution in [1.29, 1.82) is 0 Å². The van der Waals surface area contributed by atoms with E-state index >= 15 is 0 Å². The van der Waals surface area contributed by atoms with Crippen LogP contribution in [0, 0.1) is 0 Å². The number of fused-ring (bicyclic) bond motifs is 1. The summed E-state index contributed by atoms with van der Waals surface area (Å²) in [5.41, 5.74) is 1.04. The van der Waals surface area contributed by atoms with Crippen LogP contribution in [-0.2, 0) is 4.74 Å². The molecule has 0 radical (unpaired) electrons. The van der Waals surface area contributed by atoms with Crippen molar-refractivity contribution in [2.45, 2.75) is 29.9 Å². The zero-order valence-electron chi connectivity index (χ0n) is 13.8. The summed E-state index contributed by atoms with van der Waals surface area (Å²) in [7, 11) is 0. The molecular weight excluding hydrogens is 334 g/mol. The largest absolute Gasteiger partial charge is 0.369 e. The van der Waals surface area contributed by atoms with Crippen LogP contribution >= 0.6 is 11.8 Å². The van der Waals surface area contributed by atoms with Crippen molar-refractivity contribution in [2.75, 3.05) is 12.3 Å². The van der Waals surface area contributed by atoms with Crippen molar-refractivity contribution < 1.29 is 14.3 Å². The maximum absolute atomic E-state index is 12.3. The lowest BCUT2D eigenvalue weighted by Gasteiger charge is -2.12. The SMILES string of the molecule is O=C1c2ccccc2C(=O)N1CCC[C@@H]1O[C@@H]1CSc1ccccc1. The van der Waals surface area contributed by atoms with Crippen LogP contribution in [-0.4, -0.2) is 41.2 Å². The number of rotatable bonds is 7. The van der Waals surface area contributed by atoms with Gasteiger partial charge in [0.05, 0.1) is 23.3 Å². The number of carbonyl (C=O) groups excluding carboxylic acids is 2.